The Bertz CT molecular complexity index is 282. The van der Waals surface area contributed by atoms with Gasteiger partial charge in [0.05, 0.1) is 25.6 Å². The summed E-state index contributed by atoms with van der Waals surface area (Å²) in [5, 5.41) is 0. The molecule has 0 radical (unpaired) electrons. The van der Waals surface area contributed by atoms with Crippen molar-refractivity contribution in [2.75, 3.05) is 13.7 Å². The van der Waals surface area contributed by atoms with Crippen molar-refractivity contribution in [2.45, 2.75) is 6.42 Å². The first-order valence-electron chi connectivity index (χ1n) is 3.71. The van der Waals surface area contributed by atoms with E-state index >= 15 is 0 Å². The zero-order chi connectivity index (χ0) is 9.84. The molecule has 0 aromatic heterocycles. The zero-order valence-corrected chi connectivity index (χ0v) is 7.15. The molecule has 0 aromatic carbocycles. The number of hydrogen-bond acceptors (Lipinski definition) is 4. The van der Waals surface area contributed by atoms with E-state index in [0.29, 0.717) is 6.29 Å². The second-order valence-electron chi connectivity index (χ2n) is 2.54. The lowest BCUT2D eigenvalue weighted by molar-refractivity contribution is -0.137. The molecule has 0 aliphatic carbocycles. The largest absolute Gasteiger partial charge is 0.466 e. The smallest absolute Gasteiger partial charge is 0.335 e. The first-order valence-corrected chi connectivity index (χ1v) is 3.71. The monoisotopic (exact) mass is 183 g/mol. The molecule has 5 nitrogen and oxygen atoms in total. The lowest BCUT2D eigenvalue weighted by Gasteiger charge is -2.06. The van der Waals surface area contributed by atoms with Gasteiger partial charge in [-0.2, -0.15) is 0 Å². The molecular formula is C8H9NO4. The highest BCUT2D eigenvalue weighted by Crippen LogP contribution is 2.15. The predicted octanol–water partition coefficient (Wildman–Crippen LogP) is -0.526. The highest BCUT2D eigenvalue weighted by Gasteiger charge is 2.25. The van der Waals surface area contributed by atoms with Gasteiger partial charge in [0, 0.05) is 6.20 Å². The number of rotatable bonds is 3. The van der Waals surface area contributed by atoms with Gasteiger partial charge in [0.2, 0.25) is 5.91 Å². The van der Waals surface area contributed by atoms with Crippen LogP contribution in [-0.2, 0) is 19.1 Å². The van der Waals surface area contributed by atoms with Crippen molar-refractivity contribution in [2.24, 2.45) is 0 Å². The van der Waals surface area contributed by atoms with E-state index in [9.17, 15) is 14.4 Å². The van der Waals surface area contributed by atoms with Gasteiger partial charge < -0.3 is 14.4 Å². The summed E-state index contributed by atoms with van der Waals surface area (Å²) in [5.74, 6) is -0.783. The van der Waals surface area contributed by atoms with E-state index < -0.39 is 5.97 Å². The van der Waals surface area contributed by atoms with E-state index in [4.69, 9.17) is 0 Å². The minimum absolute atomic E-state index is 0.0144. The summed E-state index contributed by atoms with van der Waals surface area (Å²) in [4.78, 5) is 33.4. The molecule has 0 fully saturated rings. The molecule has 1 heterocycles. The summed E-state index contributed by atoms with van der Waals surface area (Å²) >= 11 is 0. The van der Waals surface area contributed by atoms with E-state index in [-0.39, 0.29) is 24.4 Å². The van der Waals surface area contributed by atoms with Gasteiger partial charge in [-0.3, -0.25) is 4.79 Å². The summed E-state index contributed by atoms with van der Waals surface area (Å²) < 4.78 is 4.43. The molecule has 0 saturated heterocycles. The van der Waals surface area contributed by atoms with Gasteiger partial charge in [0.25, 0.3) is 0 Å². The molecule has 0 saturated carbocycles. The van der Waals surface area contributed by atoms with Crippen LogP contribution in [0.15, 0.2) is 11.8 Å². The van der Waals surface area contributed by atoms with E-state index in [0.717, 1.165) is 0 Å². The van der Waals surface area contributed by atoms with Crippen LogP contribution in [0.25, 0.3) is 0 Å². The Labute approximate surface area is 75.0 Å². The molecular weight excluding hydrogens is 174 g/mol. The van der Waals surface area contributed by atoms with Crippen molar-refractivity contribution in [1.82, 2.24) is 4.90 Å². The zero-order valence-electron chi connectivity index (χ0n) is 7.15. The average molecular weight is 183 g/mol. The third-order valence-electron chi connectivity index (χ3n) is 1.69. The van der Waals surface area contributed by atoms with E-state index in [1.54, 1.807) is 0 Å². The average Bonchev–Trinajstić information content (AvgIpc) is 2.47. The van der Waals surface area contributed by atoms with Gasteiger partial charge in [0.15, 0.2) is 0 Å². The second kappa shape index (κ2) is 3.84. The van der Waals surface area contributed by atoms with Crippen molar-refractivity contribution in [1.29, 1.82) is 0 Å². The lowest BCUT2D eigenvalue weighted by Crippen LogP contribution is -2.22. The summed E-state index contributed by atoms with van der Waals surface area (Å²) in [6.45, 7) is -0.0146. The number of carbonyl (C=O) groups is 3. The molecule has 1 rings (SSSR count). The molecule has 70 valence electrons. The SMILES string of the molecule is COC(=O)C1=CN(CC=O)C(=O)C1. The van der Waals surface area contributed by atoms with Crippen molar-refractivity contribution < 1.29 is 19.1 Å². The first kappa shape index (κ1) is 9.44. The number of nitrogens with zero attached hydrogens (tertiary/aromatic N) is 1. The van der Waals surface area contributed by atoms with Crippen LogP contribution < -0.4 is 0 Å². The summed E-state index contributed by atoms with van der Waals surface area (Å²) in [7, 11) is 1.25. The van der Waals surface area contributed by atoms with Crippen LogP contribution in [0.4, 0.5) is 0 Å². The van der Waals surface area contributed by atoms with Crippen LogP contribution in [0, 0.1) is 0 Å². The molecule has 0 unspecified atom stereocenters. The van der Waals surface area contributed by atoms with E-state index in [1.165, 1.54) is 18.2 Å². The quantitative estimate of drug-likeness (QED) is 0.436. The highest BCUT2D eigenvalue weighted by molar-refractivity contribution is 5.99. The minimum atomic E-state index is -0.526. The van der Waals surface area contributed by atoms with Gasteiger partial charge in [0.1, 0.15) is 6.29 Å². The van der Waals surface area contributed by atoms with Gasteiger partial charge in [-0.1, -0.05) is 0 Å². The van der Waals surface area contributed by atoms with Crippen LogP contribution in [0.1, 0.15) is 6.42 Å². The number of amides is 1. The second-order valence-corrected chi connectivity index (χ2v) is 2.54. The fourth-order valence-electron chi connectivity index (χ4n) is 1.06. The van der Waals surface area contributed by atoms with E-state index in [2.05, 4.69) is 4.74 Å². The number of esters is 1. The maximum atomic E-state index is 11.1. The van der Waals surface area contributed by atoms with Gasteiger partial charge >= 0.3 is 5.97 Å². The molecule has 0 N–H and O–H groups in total. The third-order valence-corrected chi connectivity index (χ3v) is 1.69. The number of hydrogen-bond donors (Lipinski definition) is 0. The van der Waals surface area contributed by atoms with Crippen molar-refractivity contribution in [3.8, 4) is 0 Å². The Balaban J connectivity index is 2.70. The molecule has 5 heteroatoms. The van der Waals surface area contributed by atoms with Crippen molar-refractivity contribution in [3.63, 3.8) is 0 Å². The number of carbonyl (C=O) groups excluding carboxylic acids is 3. The van der Waals surface area contributed by atoms with Crippen molar-refractivity contribution in [3.05, 3.63) is 11.8 Å². The minimum Gasteiger partial charge on any atom is -0.466 e. The van der Waals surface area contributed by atoms with Crippen LogP contribution in [0.2, 0.25) is 0 Å². The van der Waals surface area contributed by atoms with E-state index in [1.807, 2.05) is 0 Å². The van der Waals surface area contributed by atoms with Crippen LogP contribution >= 0.6 is 0 Å². The van der Waals surface area contributed by atoms with Crippen LogP contribution in [0.3, 0.4) is 0 Å². The molecule has 1 aliphatic rings. The maximum absolute atomic E-state index is 11.1. The Morgan fingerprint density at radius 1 is 1.77 bits per heavy atom. The lowest BCUT2D eigenvalue weighted by atomic mass is 10.2. The normalized spacial score (nSPS) is 15.6. The first-order chi connectivity index (χ1) is 6.19. The fraction of sp³-hybridized carbons (Fsp3) is 0.375. The molecule has 0 bridgehead atoms. The van der Waals surface area contributed by atoms with Gasteiger partial charge in [-0.05, 0) is 0 Å². The number of aldehydes is 1. The molecule has 1 aliphatic heterocycles. The number of methoxy groups -OCH3 is 1. The highest BCUT2D eigenvalue weighted by atomic mass is 16.5. The Morgan fingerprint density at radius 2 is 2.46 bits per heavy atom. The third kappa shape index (κ3) is 1.93. The molecule has 0 atom stereocenters. The van der Waals surface area contributed by atoms with Gasteiger partial charge in [-0.15, -0.1) is 0 Å². The standard InChI is InChI=1S/C8H9NO4/c1-13-8(12)6-4-7(11)9(5-6)2-3-10/h3,5H,2,4H2,1H3. The van der Waals surface area contributed by atoms with Crippen LogP contribution in [-0.4, -0.2) is 36.7 Å². The van der Waals surface area contributed by atoms with Crippen LogP contribution in [0.5, 0.6) is 0 Å². The summed E-state index contributed by atoms with van der Waals surface area (Å²) in [5.41, 5.74) is 0.286. The maximum Gasteiger partial charge on any atom is 0.335 e. The van der Waals surface area contributed by atoms with Crippen molar-refractivity contribution >= 4 is 18.2 Å². The molecule has 1 amide bonds. The van der Waals surface area contributed by atoms with Gasteiger partial charge in [-0.25, -0.2) is 4.79 Å². The Kier molecular flexibility index (Phi) is 2.79. The topological polar surface area (TPSA) is 63.7 Å². The number of ether oxygens (including phenoxy) is 1. The molecule has 0 spiro atoms. The Morgan fingerprint density at radius 3 is 3.00 bits per heavy atom. The summed E-state index contributed by atoms with van der Waals surface area (Å²) in [6, 6.07) is 0. The fourth-order valence-corrected chi connectivity index (χ4v) is 1.06. The predicted molar refractivity (Wildman–Crippen MR) is 42.5 cm³/mol. The molecule has 0 aromatic rings. The summed E-state index contributed by atoms with van der Waals surface area (Å²) in [6.07, 6.45) is 1.97. The molecule has 13 heavy (non-hydrogen) atoms. The Hall–Kier alpha value is -1.65.